The fraction of sp³-hybridized carbons (Fsp3) is 0.0769. The number of amides is 2. The highest BCUT2D eigenvalue weighted by Gasteiger charge is 2.18. The Kier molecular flexibility index (Phi) is 5.94. The number of rotatable bonds is 5. The summed E-state index contributed by atoms with van der Waals surface area (Å²) < 4.78 is 6.04. The molecule has 0 aliphatic rings. The van der Waals surface area contributed by atoms with Gasteiger partial charge in [0.2, 0.25) is 0 Å². The van der Waals surface area contributed by atoms with Gasteiger partial charge >= 0.3 is 5.76 Å². The highest BCUT2D eigenvalue weighted by Crippen LogP contribution is 2.25. The van der Waals surface area contributed by atoms with Crippen LogP contribution in [0.3, 0.4) is 0 Å². The molecule has 0 atom stereocenters. The number of nitro benzene ring substituents is 1. The Hall–Kier alpha value is -5.32. The Morgan fingerprint density at radius 3 is 2.54 bits per heavy atom. The molecule has 2 N–H and O–H groups in total. The summed E-state index contributed by atoms with van der Waals surface area (Å²) in [7, 11) is 0. The quantitative estimate of drug-likeness (QED) is 0.279. The normalized spacial score (nSPS) is 10.9. The fourth-order valence-electron chi connectivity index (χ4n) is 3.93. The number of carbonyl (C=O) groups excluding carboxylic acids is 2. The number of nitrogens with one attached hydrogen (secondary N) is 2. The summed E-state index contributed by atoms with van der Waals surface area (Å²) in [5.41, 5.74) is 8.06. The van der Waals surface area contributed by atoms with Crippen molar-refractivity contribution >= 4 is 39.5 Å². The first-order valence-electron chi connectivity index (χ1n) is 11.1. The number of para-hydroxylation sites is 1. The maximum atomic E-state index is 13.1. The molecule has 2 aromatic heterocycles. The molecule has 0 saturated heterocycles. The fourth-order valence-corrected chi connectivity index (χ4v) is 3.93. The Bertz CT molecular complexity index is 1750. The number of nitrogens with zero attached hydrogens (tertiary/aromatic N) is 3. The summed E-state index contributed by atoms with van der Waals surface area (Å²) in [5.74, 6) is -2.13. The van der Waals surface area contributed by atoms with Crippen molar-refractivity contribution in [3.8, 4) is 11.3 Å². The highest BCUT2D eigenvalue weighted by molar-refractivity contribution is 6.07. The maximum Gasteiger partial charge on any atom is 0.420 e. The lowest BCUT2D eigenvalue weighted by Gasteiger charge is -2.12. The second-order valence-corrected chi connectivity index (χ2v) is 8.30. The average Bonchev–Trinajstić information content (AvgIpc) is 3.20. The number of aromatic nitrogens is 2. The number of nitro groups is 1. The first-order chi connectivity index (χ1) is 17.8. The molecule has 37 heavy (non-hydrogen) atoms. The SMILES string of the molecule is Cc1ccc(-c2cc(C(=O)NNC(=O)Cn3c(=O)oc4cc([N+](=O)[O-])ccc43)c3ccccc3n2)cc1. The van der Waals surface area contributed by atoms with Gasteiger partial charge in [-0.15, -0.1) is 0 Å². The van der Waals surface area contributed by atoms with E-state index in [-0.39, 0.29) is 16.8 Å². The predicted octanol–water partition coefficient (Wildman–Crippen LogP) is 3.49. The van der Waals surface area contributed by atoms with Gasteiger partial charge in [-0.3, -0.25) is 35.1 Å². The smallest absolute Gasteiger partial charge is 0.407 e. The van der Waals surface area contributed by atoms with E-state index in [1.807, 2.05) is 37.3 Å². The van der Waals surface area contributed by atoms with E-state index >= 15 is 0 Å². The lowest BCUT2D eigenvalue weighted by molar-refractivity contribution is -0.384. The molecule has 3 aromatic carbocycles. The highest BCUT2D eigenvalue weighted by atomic mass is 16.6. The number of fused-ring (bicyclic) bond motifs is 2. The Morgan fingerprint density at radius 2 is 1.78 bits per heavy atom. The third-order valence-electron chi connectivity index (χ3n) is 5.79. The van der Waals surface area contributed by atoms with Crippen LogP contribution in [0.2, 0.25) is 0 Å². The van der Waals surface area contributed by atoms with Gasteiger partial charge in [0.15, 0.2) is 5.58 Å². The Labute approximate surface area is 208 Å². The van der Waals surface area contributed by atoms with Crippen LogP contribution in [0.25, 0.3) is 33.3 Å². The molecule has 5 aromatic rings. The van der Waals surface area contributed by atoms with Crippen LogP contribution >= 0.6 is 0 Å². The van der Waals surface area contributed by atoms with E-state index in [1.165, 1.54) is 12.1 Å². The van der Waals surface area contributed by atoms with Crippen molar-refractivity contribution in [3.63, 3.8) is 0 Å². The van der Waals surface area contributed by atoms with Crippen LogP contribution in [0.4, 0.5) is 5.69 Å². The van der Waals surface area contributed by atoms with E-state index in [1.54, 1.807) is 24.3 Å². The minimum absolute atomic E-state index is 0.0251. The van der Waals surface area contributed by atoms with Gasteiger partial charge in [-0.1, -0.05) is 48.0 Å². The number of benzene rings is 3. The van der Waals surface area contributed by atoms with Gasteiger partial charge in [0.05, 0.1) is 33.3 Å². The lowest BCUT2D eigenvalue weighted by Crippen LogP contribution is -2.44. The van der Waals surface area contributed by atoms with E-state index in [0.29, 0.717) is 22.2 Å². The van der Waals surface area contributed by atoms with Gasteiger partial charge in [-0.2, -0.15) is 0 Å². The Morgan fingerprint density at radius 1 is 1.03 bits per heavy atom. The predicted molar refractivity (Wildman–Crippen MR) is 135 cm³/mol. The van der Waals surface area contributed by atoms with E-state index in [9.17, 15) is 24.5 Å². The van der Waals surface area contributed by atoms with E-state index in [4.69, 9.17) is 4.42 Å². The van der Waals surface area contributed by atoms with Gasteiger partial charge in [0, 0.05) is 17.0 Å². The molecule has 184 valence electrons. The zero-order valence-electron chi connectivity index (χ0n) is 19.4. The number of hydrogen-bond donors (Lipinski definition) is 2. The summed E-state index contributed by atoms with van der Waals surface area (Å²) in [4.78, 5) is 52.8. The minimum atomic E-state index is -0.861. The van der Waals surface area contributed by atoms with Crippen molar-refractivity contribution in [2.24, 2.45) is 0 Å². The van der Waals surface area contributed by atoms with Crippen molar-refractivity contribution in [2.45, 2.75) is 13.5 Å². The van der Waals surface area contributed by atoms with Crippen LogP contribution in [0.15, 0.2) is 82.0 Å². The van der Waals surface area contributed by atoms with Crippen LogP contribution in [0.1, 0.15) is 15.9 Å². The second-order valence-electron chi connectivity index (χ2n) is 8.30. The maximum absolute atomic E-state index is 13.1. The lowest BCUT2D eigenvalue weighted by atomic mass is 10.0. The van der Waals surface area contributed by atoms with Gasteiger partial charge < -0.3 is 4.42 Å². The molecule has 2 heterocycles. The molecule has 2 amide bonds. The summed E-state index contributed by atoms with van der Waals surface area (Å²) in [6.07, 6.45) is 0. The van der Waals surface area contributed by atoms with Crippen molar-refractivity contribution in [1.82, 2.24) is 20.4 Å². The van der Waals surface area contributed by atoms with Gasteiger partial charge in [-0.25, -0.2) is 9.78 Å². The minimum Gasteiger partial charge on any atom is -0.407 e. The number of hydrazine groups is 1. The molecule has 5 rings (SSSR count). The molecule has 0 aliphatic heterocycles. The van der Waals surface area contributed by atoms with Gasteiger partial charge in [0.1, 0.15) is 6.54 Å². The number of pyridine rings is 1. The topological polar surface area (TPSA) is 149 Å². The number of oxazole rings is 1. The monoisotopic (exact) mass is 497 g/mol. The summed E-state index contributed by atoms with van der Waals surface area (Å²) in [6.45, 7) is 1.50. The van der Waals surface area contributed by atoms with Gasteiger partial charge in [-0.05, 0) is 25.1 Å². The van der Waals surface area contributed by atoms with Crippen molar-refractivity contribution < 1.29 is 18.9 Å². The Balaban J connectivity index is 1.37. The molecule has 0 unspecified atom stereocenters. The summed E-state index contributed by atoms with van der Waals surface area (Å²) in [6, 6.07) is 20.2. The van der Waals surface area contributed by atoms with Crippen LogP contribution in [-0.2, 0) is 11.3 Å². The largest absolute Gasteiger partial charge is 0.420 e. The van der Waals surface area contributed by atoms with Gasteiger partial charge in [0.25, 0.3) is 17.5 Å². The van der Waals surface area contributed by atoms with Crippen molar-refractivity contribution in [2.75, 3.05) is 0 Å². The first-order valence-corrected chi connectivity index (χ1v) is 11.1. The third kappa shape index (κ3) is 4.65. The average molecular weight is 497 g/mol. The molecule has 11 nitrogen and oxygen atoms in total. The van der Waals surface area contributed by atoms with E-state index in [0.717, 1.165) is 21.8 Å². The van der Waals surface area contributed by atoms with Crippen LogP contribution in [-0.4, -0.2) is 26.3 Å². The molecular formula is C26H19N5O6. The molecule has 0 radical (unpaired) electrons. The van der Waals surface area contributed by atoms with Crippen LogP contribution in [0, 0.1) is 17.0 Å². The first kappa shape index (κ1) is 23.4. The molecule has 0 bridgehead atoms. The van der Waals surface area contributed by atoms with Crippen LogP contribution < -0.4 is 16.6 Å². The van der Waals surface area contributed by atoms with E-state index in [2.05, 4.69) is 15.8 Å². The van der Waals surface area contributed by atoms with E-state index < -0.39 is 29.0 Å². The number of aryl methyl sites for hydroxylation is 1. The molecule has 11 heteroatoms. The summed E-state index contributed by atoms with van der Waals surface area (Å²) >= 11 is 0. The number of carbonyl (C=O) groups is 2. The molecule has 0 aliphatic carbocycles. The van der Waals surface area contributed by atoms with Crippen molar-refractivity contribution in [1.29, 1.82) is 0 Å². The van der Waals surface area contributed by atoms with Crippen molar-refractivity contribution in [3.05, 3.63) is 105 Å². The second kappa shape index (κ2) is 9.38. The molecular weight excluding hydrogens is 478 g/mol. The number of hydrogen-bond acceptors (Lipinski definition) is 7. The molecule has 0 saturated carbocycles. The zero-order chi connectivity index (χ0) is 26.1. The third-order valence-corrected chi connectivity index (χ3v) is 5.79. The molecule has 0 fully saturated rings. The number of non-ortho nitro benzene ring substituents is 1. The molecule has 0 spiro atoms. The summed E-state index contributed by atoms with van der Waals surface area (Å²) in [5, 5.41) is 11.5. The standard InChI is InChI=1S/C26H19N5O6/c1-15-6-8-16(9-7-15)21-13-19(18-4-2-3-5-20(18)27-21)25(33)29-28-24(32)14-30-22-11-10-17(31(35)36)12-23(22)37-26(30)34/h2-13H,14H2,1H3,(H,28,32)(H,29,33). The zero-order valence-corrected chi connectivity index (χ0v) is 19.4. The van der Waals surface area contributed by atoms with Crippen LogP contribution in [0.5, 0.6) is 0 Å².